The van der Waals surface area contributed by atoms with Gasteiger partial charge in [-0.2, -0.15) is 0 Å². The Balaban J connectivity index is 2.88. The molecule has 0 radical (unpaired) electrons. The van der Waals surface area contributed by atoms with Crippen molar-refractivity contribution in [3.63, 3.8) is 0 Å². The highest BCUT2D eigenvalue weighted by molar-refractivity contribution is 7.79. The van der Waals surface area contributed by atoms with E-state index < -0.39 is 11.1 Å². The van der Waals surface area contributed by atoms with E-state index >= 15 is 0 Å². The minimum absolute atomic E-state index is 0.193. The van der Waals surface area contributed by atoms with Crippen molar-refractivity contribution in [1.82, 2.24) is 9.97 Å². The molecule has 1 aromatic carbocycles. The van der Waals surface area contributed by atoms with Crippen LogP contribution in [-0.2, 0) is 11.1 Å². The van der Waals surface area contributed by atoms with Crippen molar-refractivity contribution >= 4 is 22.1 Å². The normalized spacial score (nSPS) is 13.0. The predicted octanol–water partition coefficient (Wildman–Crippen LogP) is 1.18. The van der Waals surface area contributed by atoms with E-state index in [1.165, 1.54) is 12.3 Å². The lowest BCUT2D eigenvalue weighted by Crippen LogP contribution is -1.95. The van der Waals surface area contributed by atoms with Gasteiger partial charge in [0.1, 0.15) is 5.52 Å². The minimum atomic E-state index is -2.26. The van der Waals surface area contributed by atoms with Gasteiger partial charge in [-0.25, -0.2) is 0 Å². The second-order valence-electron chi connectivity index (χ2n) is 2.87. The highest BCUT2D eigenvalue weighted by atomic mass is 32.2. The van der Waals surface area contributed by atoms with Crippen LogP contribution < -0.4 is 0 Å². The Labute approximate surface area is 83.3 Å². The first-order valence-corrected chi connectivity index (χ1v) is 5.07. The molecule has 0 saturated carbocycles. The first-order valence-electron chi connectivity index (χ1n) is 4.00. The van der Waals surface area contributed by atoms with Crippen LogP contribution in [0.2, 0.25) is 0 Å². The molecule has 2 aromatic rings. The van der Waals surface area contributed by atoms with Crippen molar-refractivity contribution in [2.24, 2.45) is 0 Å². The summed E-state index contributed by atoms with van der Waals surface area (Å²) < 4.78 is 21.7. The standard InChI is InChI=1S/C9H8N2O2S/c1-6-2-3-7(14(12)13)9-8(6)10-4-5-11-9/h2-5H,1H3,(H,12,13)/p-1. The maximum absolute atomic E-state index is 10.9. The van der Waals surface area contributed by atoms with E-state index in [1.54, 1.807) is 12.3 Å². The summed E-state index contributed by atoms with van der Waals surface area (Å²) in [6.07, 6.45) is 3.03. The zero-order valence-electron chi connectivity index (χ0n) is 7.43. The van der Waals surface area contributed by atoms with Gasteiger partial charge in [0.05, 0.1) is 10.4 Å². The van der Waals surface area contributed by atoms with Crippen LogP contribution in [0, 0.1) is 6.92 Å². The molecule has 0 fully saturated rings. The van der Waals surface area contributed by atoms with E-state index in [0.717, 1.165) is 5.56 Å². The molecule has 2 rings (SSSR count). The van der Waals surface area contributed by atoms with Gasteiger partial charge in [-0.1, -0.05) is 6.07 Å². The smallest absolute Gasteiger partial charge is 0.104 e. The summed E-state index contributed by atoms with van der Waals surface area (Å²) in [6, 6.07) is 3.26. The molecule has 0 N–H and O–H groups in total. The summed E-state index contributed by atoms with van der Waals surface area (Å²) in [5.74, 6) is 0. The van der Waals surface area contributed by atoms with Crippen LogP contribution in [0.1, 0.15) is 5.56 Å². The van der Waals surface area contributed by atoms with Gasteiger partial charge in [0, 0.05) is 12.4 Å². The Morgan fingerprint density at radius 2 is 1.86 bits per heavy atom. The molecular weight excluding hydrogens is 200 g/mol. The summed E-state index contributed by atoms with van der Waals surface area (Å²) in [5.41, 5.74) is 1.98. The van der Waals surface area contributed by atoms with Crippen LogP contribution in [-0.4, -0.2) is 18.7 Å². The molecule has 0 spiro atoms. The third-order valence-corrected chi connectivity index (χ3v) is 2.66. The summed E-state index contributed by atoms with van der Waals surface area (Å²) in [4.78, 5) is 8.29. The average molecular weight is 207 g/mol. The Morgan fingerprint density at radius 3 is 2.50 bits per heavy atom. The lowest BCUT2D eigenvalue weighted by atomic mass is 10.2. The molecule has 1 aromatic heterocycles. The molecule has 0 amide bonds. The summed E-state index contributed by atoms with van der Waals surface area (Å²) in [5, 5.41) is 0. The monoisotopic (exact) mass is 207 g/mol. The van der Waals surface area contributed by atoms with Crippen LogP contribution in [0.25, 0.3) is 11.0 Å². The number of rotatable bonds is 1. The van der Waals surface area contributed by atoms with Gasteiger partial charge < -0.3 is 4.55 Å². The topological polar surface area (TPSA) is 65.9 Å². The Kier molecular flexibility index (Phi) is 2.26. The van der Waals surface area contributed by atoms with E-state index in [0.29, 0.717) is 11.0 Å². The number of hydrogen-bond acceptors (Lipinski definition) is 4. The largest absolute Gasteiger partial charge is 0.768 e. The molecule has 0 saturated heterocycles. The molecule has 1 atom stereocenters. The van der Waals surface area contributed by atoms with Gasteiger partial charge in [-0.05, 0) is 29.6 Å². The summed E-state index contributed by atoms with van der Waals surface area (Å²) in [7, 11) is 0. The fourth-order valence-electron chi connectivity index (χ4n) is 1.30. The SMILES string of the molecule is Cc1ccc(S(=O)[O-])c2nccnc12. The Hall–Kier alpha value is -1.33. The lowest BCUT2D eigenvalue weighted by Gasteiger charge is -2.08. The molecule has 4 nitrogen and oxygen atoms in total. The Morgan fingerprint density at radius 1 is 1.21 bits per heavy atom. The maximum atomic E-state index is 10.9. The molecule has 0 aliphatic carbocycles. The van der Waals surface area contributed by atoms with Crippen molar-refractivity contribution in [2.75, 3.05) is 0 Å². The van der Waals surface area contributed by atoms with Crippen molar-refractivity contribution in [3.05, 3.63) is 30.1 Å². The fraction of sp³-hybridized carbons (Fsp3) is 0.111. The number of hydrogen-bond donors (Lipinski definition) is 0. The molecule has 1 heterocycles. The van der Waals surface area contributed by atoms with E-state index in [4.69, 9.17) is 0 Å². The van der Waals surface area contributed by atoms with E-state index in [-0.39, 0.29) is 4.90 Å². The van der Waals surface area contributed by atoms with Crippen LogP contribution in [0.3, 0.4) is 0 Å². The fourth-order valence-corrected chi connectivity index (χ4v) is 1.79. The van der Waals surface area contributed by atoms with Crippen LogP contribution in [0.5, 0.6) is 0 Å². The molecule has 0 bridgehead atoms. The molecule has 0 aliphatic heterocycles. The highest BCUT2D eigenvalue weighted by Gasteiger charge is 2.05. The maximum Gasteiger partial charge on any atom is 0.104 e. The van der Waals surface area contributed by atoms with Gasteiger partial charge in [-0.3, -0.25) is 14.2 Å². The molecule has 72 valence electrons. The molecule has 5 heteroatoms. The number of nitrogens with zero attached hydrogens (tertiary/aromatic N) is 2. The van der Waals surface area contributed by atoms with Gasteiger partial charge in [0.2, 0.25) is 0 Å². The second-order valence-corrected chi connectivity index (χ2v) is 3.78. The third kappa shape index (κ3) is 1.40. The predicted molar refractivity (Wildman–Crippen MR) is 51.5 cm³/mol. The van der Waals surface area contributed by atoms with Crippen LogP contribution in [0.15, 0.2) is 29.4 Å². The van der Waals surface area contributed by atoms with Gasteiger partial charge >= 0.3 is 0 Å². The van der Waals surface area contributed by atoms with E-state index in [1.807, 2.05) is 6.92 Å². The zero-order chi connectivity index (χ0) is 10.1. The van der Waals surface area contributed by atoms with Crippen LogP contribution >= 0.6 is 0 Å². The lowest BCUT2D eigenvalue weighted by molar-refractivity contribution is 0.538. The van der Waals surface area contributed by atoms with Crippen molar-refractivity contribution < 1.29 is 8.76 Å². The quantitative estimate of drug-likeness (QED) is 0.658. The number of aromatic nitrogens is 2. The Bertz CT molecular complexity index is 513. The van der Waals surface area contributed by atoms with E-state index in [2.05, 4.69) is 9.97 Å². The van der Waals surface area contributed by atoms with Crippen molar-refractivity contribution in [1.29, 1.82) is 0 Å². The van der Waals surface area contributed by atoms with Gasteiger partial charge in [0.15, 0.2) is 0 Å². The highest BCUT2D eigenvalue weighted by Crippen LogP contribution is 2.19. The third-order valence-electron chi connectivity index (χ3n) is 1.97. The molecule has 0 aliphatic rings. The number of fused-ring (bicyclic) bond motifs is 1. The number of aryl methyl sites for hydroxylation is 1. The van der Waals surface area contributed by atoms with Gasteiger partial charge in [-0.15, -0.1) is 0 Å². The second kappa shape index (κ2) is 3.43. The minimum Gasteiger partial charge on any atom is -0.768 e. The van der Waals surface area contributed by atoms with Crippen molar-refractivity contribution in [2.45, 2.75) is 11.8 Å². The van der Waals surface area contributed by atoms with Crippen LogP contribution in [0.4, 0.5) is 0 Å². The first kappa shape index (κ1) is 9.23. The average Bonchev–Trinajstić information content (AvgIpc) is 2.18. The zero-order valence-corrected chi connectivity index (χ0v) is 8.25. The van der Waals surface area contributed by atoms with Crippen molar-refractivity contribution in [3.8, 4) is 0 Å². The van der Waals surface area contributed by atoms with Gasteiger partial charge in [0.25, 0.3) is 0 Å². The molecule has 1 unspecified atom stereocenters. The summed E-state index contributed by atoms with van der Waals surface area (Å²) >= 11 is -2.26. The molecular formula is C9H7N2O2S-. The first-order chi connectivity index (χ1) is 6.70. The number of benzene rings is 1. The molecule has 14 heavy (non-hydrogen) atoms. The van der Waals surface area contributed by atoms with E-state index in [9.17, 15) is 8.76 Å². The summed E-state index contributed by atoms with van der Waals surface area (Å²) in [6.45, 7) is 1.87.